The molecule has 1 aliphatic rings. The first-order valence-corrected chi connectivity index (χ1v) is 8.22. The van der Waals surface area contributed by atoms with E-state index in [4.69, 9.17) is 4.52 Å². The third kappa shape index (κ3) is 3.38. The zero-order valence-electron chi connectivity index (χ0n) is 13.7. The Morgan fingerprint density at radius 1 is 1.22 bits per heavy atom. The van der Waals surface area contributed by atoms with E-state index in [9.17, 15) is 4.79 Å². The predicted octanol–water partition coefficient (Wildman–Crippen LogP) is 4.45. The van der Waals surface area contributed by atoms with Gasteiger partial charge in [0.05, 0.1) is 0 Å². The van der Waals surface area contributed by atoms with Gasteiger partial charge in [0.25, 0.3) is 0 Å². The summed E-state index contributed by atoms with van der Waals surface area (Å²) in [6.45, 7) is 1.82. The SMILES string of the molecule is Cc1onc(-c2ccccc2)c1NC(=O)N(C)C1CCCCC1. The lowest BCUT2D eigenvalue weighted by molar-refractivity contribution is 0.186. The van der Waals surface area contributed by atoms with E-state index in [-0.39, 0.29) is 6.03 Å². The lowest BCUT2D eigenvalue weighted by Crippen LogP contribution is -2.41. The fourth-order valence-corrected chi connectivity index (χ4v) is 3.14. The Labute approximate surface area is 136 Å². The van der Waals surface area contributed by atoms with Crippen LogP contribution in [0.5, 0.6) is 0 Å². The molecule has 1 fully saturated rings. The summed E-state index contributed by atoms with van der Waals surface area (Å²) in [5, 5.41) is 7.09. The van der Waals surface area contributed by atoms with E-state index in [1.54, 1.807) is 0 Å². The molecule has 0 atom stereocenters. The number of urea groups is 1. The fourth-order valence-electron chi connectivity index (χ4n) is 3.14. The minimum Gasteiger partial charge on any atom is -0.359 e. The van der Waals surface area contributed by atoms with Crippen molar-refractivity contribution in [1.82, 2.24) is 10.1 Å². The molecular formula is C18H23N3O2. The summed E-state index contributed by atoms with van der Waals surface area (Å²) < 4.78 is 5.29. The first kappa shape index (κ1) is 15.6. The predicted molar refractivity (Wildman–Crippen MR) is 90.3 cm³/mol. The highest BCUT2D eigenvalue weighted by Gasteiger charge is 2.24. The van der Waals surface area contributed by atoms with Gasteiger partial charge in [0.2, 0.25) is 0 Å². The van der Waals surface area contributed by atoms with Gasteiger partial charge in [-0.15, -0.1) is 0 Å². The first-order valence-electron chi connectivity index (χ1n) is 8.22. The van der Waals surface area contributed by atoms with Crippen LogP contribution in [0.1, 0.15) is 37.9 Å². The molecule has 3 rings (SSSR count). The normalized spacial score (nSPS) is 15.4. The number of carbonyl (C=O) groups excluding carboxylic acids is 1. The number of aryl methyl sites for hydroxylation is 1. The molecule has 122 valence electrons. The molecule has 0 radical (unpaired) electrons. The lowest BCUT2D eigenvalue weighted by atomic mass is 9.95. The summed E-state index contributed by atoms with van der Waals surface area (Å²) >= 11 is 0. The van der Waals surface area contributed by atoms with Gasteiger partial charge < -0.3 is 14.7 Å². The van der Waals surface area contributed by atoms with Crippen LogP contribution in [0.4, 0.5) is 10.5 Å². The van der Waals surface area contributed by atoms with Gasteiger partial charge in [-0.05, 0) is 19.8 Å². The van der Waals surface area contributed by atoms with Gasteiger partial charge in [-0.25, -0.2) is 4.79 Å². The van der Waals surface area contributed by atoms with Crippen LogP contribution in [-0.2, 0) is 0 Å². The summed E-state index contributed by atoms with van der Waals surface area (Å²) in [6, 6.07) is 9.98. The number of anilines is 1. The van der Waals surface area contributed by atoms with Crippen LogP contribution >= 0.6 is 0 Å². The molecular weight excluding hydrogens is 290 g/mol. The molecule has 2 amide bonds. The van der Waals surface area contributed by atoms with Crippen LogP contribution in [0.15, 0.2) is 34.9 Å². The number of nitrogens with one attached hydrogen (secondary N) is 1. The summed E-state index contributed by atoms with van der Waals surface area (Å²) in [7, 11) is 1.87. The third-order valence-electron chi connectivity index (χ3n) is 4.58. The van der Waals surface area contributed by atoms with Gasteiger partial charge >= 0.3 is 6.03 Å². The molecule has 0 saturated heterocycles. The molecule has 2 aromatic rings. The molecule has 1 aromatic heterocycles. The third-order valence-corrected chi connectivity index (χ3v) is 4.58. The highest BCUT2D eigenvalue weighted by Crippen LogP contribution is 2.30. The van der Waals surface area contributed by atoms with Crippen LogP contribution < -0.4 is 5.32 Å². The van der Waals surface area contributed by atoms with Crippen LogP contribution in [0, 0.1) is 6.92 Å². The second kappa shape index (κ2) is 6.86. The van der Waals surface area contributed by atoms with Crippen molar-refractivity contribution in [3.63, 3.8) is 0 Å². The summed E-state index contributed by atoms with van der Waals surface area (Å²) in [5.74, 6) is 0.620. The van der Waals surface area contributed by atoms with Crippen molar-refractivity contribution in [2.75, 3.05) is 12.4 Å². The van der Waals surface area contributed by atoms with Crippen LogP contribution in [0.2, 0.25) is 0 Å². The fraction of sp³-hybridized carbons (Fsp3) is 0.444. The van der Waals surface area contributed by atoms with Crippen molar-refractivity contribution in [2.45, 2.75) is 45.1 Å². The second-order valence-corrected chi connectivity index (χ2v) is 6.16. The number of rotatable bonds is 3. The maximum atomic E-state index is 12.6. The van der Waals surface area contributed by atoms with Crippen LogP contribution in [0.25, 0.3) is 11.3 Å². The van der Waals surface area contributed by atoms with E-state index in [1.807, 2.05) is 49.2 Å². The summed E-state index contributed by atoms with van der Waals surface area (Å²) in [5.41, 5.74) is 2.26. The summed E-state index contributed by atoms with van der Waals surface area (Å²) in [6.07, 6.45) is 5.83. The van der Waals surface area contributed by atoms with E-state index in [0.29, 0.717) is 23.2 Å². The van der Waals surface area contributed by atoms with Gasteiger partial charge in [0.15, 0.2) is 5.76 Å². The number of hydrogen-bond acceptors (Lipinski definition) is 3. The van der Waals surface area contributed by atoms with Gasteiger partial charge in [0.1, 0.15) is 11.4 Å². The van der Waals surface area contributed by atoms with Crippen LogP contribution in [-0.4, -0.2) is 29.2 Å². The Kier molecular flexibility index (Phi) is 4.65. The van der Waals surface area contributed by atoms with Crippen molar-refractivity contribution < 1.29 is 9.32 Å². The Morgan fingerprint density at radius 2 is 1.91 bits per heavy atom. The number of nitrogens with zero attached hydrogens (tertiary/aromatic N) is 2. The quantitative estimate of drug-likeness (QED) is 0.911. The topological polar surface area (TPSA) is 58.4 Å². The molecule has 0 spiro atoms. The van der Waals surface area contributed by atoms with Gasteiger partial charge in [0, 0.05) is 18.7 Å². The maximum Gasteiger partial charge on any atom is 0.321 e. The van der Waals surface area contributed by atoms with Gasteiger partial charge in [-0.2, -0.15) is 0 Å². The average molecular weight is 313 g/mol. The lowest BCUT2D eigenvalue weighted by Gasteiger charge is -2.31. The molecule has 1 saturated carbocycles. The van der Waals surface area contributed by atoms with E-state index < -0.39 is 0 Å². The molecule has 5 heteroatoms. The molecule has 5 nitrogen and oxygen atoms in total. The number of carbonyl (C=O) groups is 1. The van der Waals surface area contributed by atoms with E-state index in [0.717, 1.165) is 18.4 Å². The number of amides is 2. The Morgan fingerprint density at radius 3 is 2.61 bits per heavy atom. The first-order chi connectivity index (χ1) is 11.2. The molecule has 0 bridgehead atoms. The van der Waals surface area contributed by atoms with Crippen LogP contribution in [0.3, 0.4) is 0 Å². The molecule has 1 aliphatic carbocycles. The average Bonchev–Trinajstić information content (AvgIpc) is 2.96. The molecule has 0 aliphatic heterocycles. The summed E-state index contributed by atoms with van der Waals surface area (Å²) in [4.78, 5) is 14.4. The maximum absolute atomic E-state index is 12.6. The minimum absolute atomic E-state index is 0.0969. The van der Waals surface area contributed by atoms with E-state index >= 15 is 0 Å². The highest BCUT2D eigenvalue weighted by molar-refractivity contribution is 5.94. The van der Waals surface area contributed by atoms with Crippen molar-refractivity contribution in [3.05, 3.63) is 36.1 Å². The number of benzene rings is 1. The number of hydrogen-bond donors (Lipinski definition) is 1. The highest BCUT2D eigenvalue weighted by atomic mass is 16.5. The van der Waals surface area contributed by atoms with E-state index in [2.05, 4.69) is 10.5 Å². The second-order valence-electron chi connectivity index (χ2n) is 6.16. The zero-order valence-corrected chi connectivity index (χ0v) is 13.7. The monoisotopic (exact) mass is 313 g/mol. The molecule has 1 heterocycles. The Balaban J connectivity index is 1.77. The molecule has 23 heavy (non-hydrogen) atoms. The zero-order chi connectivity index (χ0) is 16.2. The Hall–Kier alpha value is -2.30. The molecule has 0 unspecified atom stereocenters. The van der Waals surface area contributed by atoms with Gasteiger partial charge in [-0.1, -0.05) is 54.8 Å². The largest absolute Gasteiger partial charge is 0.359 e. The standard InChI is InChI=1S/C18H23N3O2/c1-13-16(17(20-23-13)14-9-5-3-6-10-14)19-18(22)21(2)15-11-7-4-8-12-15/h3,5-6,9-10,15H,4,7-8,11-12H2,1-2H3,(H,19,22). The smallest absolute Gasteiger partial charge is 0.321 e. The van der Waals surface area contributed by atoms with Crippen molar-refractivity contribution >= 4 is 11.7 Å². The van der Waals surface area contributed by atoms with Crippen molar-refractivity contribution in [2.24, 2.45) is 0 Å². The van der Waals surface area contributed by atoms with Gasteiger partial charge in [-0.3, -0.25) is 0 Å². The minimum atomic E-state index is -0.0969. The Bertz CT molecular complexity index is 660. The van der Waals surface area contributed by atoms with E-state index in [1.165, 1.54) is 19.3 Å². The van der Waals surface area contributed by atoms with Crippen molar-refractivity contribution in [3.8, 4) is 11.3 Å². The van der Waals surface area contributed by atoms with Crippen molar-refractivity contribution in [1.29, 1.82) is 0 Å². The molecule has 1 aromatic carbocycles. The molecule has 1 N–H and O–H groups in total. The number of aromatic nitrogens is 1.